The Morgan fingerprint density at radius 3 is 2.76 bits per heavy atom. The van der Waals surface area contributed by atoms with Crippen LogP contribution in [0.1, 0.15) is 43.5 Å². The van der Waals surface area contributed by atoms with E-state index in [9.17, 15) is 14.9 Å². The number of hydrogen-bond donors (Lipinski definition) is 1. The van der Waals surface area contributed by atoms with Crippen molar-refractivity contribution in [1.29, 1.82) is 0 Å². The van der Waals surface area contributed by atoms with Crippen molar-refractivity contribution in [1.82, 2.24) is 5.32 Å². The van der Waals surface area contributed by atoms with Gasteiger partial charge in [-0.1, -0.05) is 26.7 Å². The average Bonchev–Trinajstić information content (AvgIpc) is 2.44. The molecule has 114 valence electrons. The summed E-state index contributed by atoms with van der Waals surface area (Å²) in [4.78, 5) is 22.7. The second-order valence-electron chi connectivity index (χ2n) is 5.77. The summed E-state index contributed by atoms with van der Waals surface area (Å²) in [5.74, 6) is 0.745. The maximum absolute atomic E-state index is 12.4. The topological polar surface area (TPSA) is 72.2 Å². The zero-order chi connectivity index (χ0) is 15.6. The predicted molar refractivity (Wildman–Crippen MR) is 84.2 cm³/mol. The van der Waals surface area contributed by atoms with E-state index >= 15 is 0 Å². The number of non-ortho nitro benzene ring substituents is 1. The third kappa shape index (κ3) is 3.61. The van der Waals surface area contributed by atoms with Gasteiger partial charge in [0.1, 0.15) is 0 Å². The summed E-state index contributed by atoms with van der Waals surface area (Å²) in [6.07, 6.45) is 3.25. The Balaban J connectivity index is 2.16. The molecule has 1 aliphatic rings. The van der Waals surface area contributed by atoms with E-state index < -0.39 is 4.92 Å². The number of carbonyl (C=O) groups is 1. The smallest absolute Gasteiger partial charge is 0.270 e. The van der Waals surface area contributed by atoms with Gasteiger partial charge in [-0.15, -0.1) is 0 Å². The standard InChI is InChI=1S/C15H19BrN2O3/c1-9-4-3-5-14(10(9)2)17-15(19)12-8-11(18(20)21)6-7-13(12)16/h6-10,14H,3-5H2,1-2H3,(H,17,19). The van der Waals surface area contributed by atoms with E-state index in [0.29, 0.717) is 21.9 Å². The summed E-state index contributed by atoms with van der Waals surface area (Å²) in [6, 6.07) is 4.37. The number of nitro benzene ring substituents is 1. The largest absolute Gasteiger partial charge is 0.349 e. The molecule has 0 saturated heterocycles. The fourth-order valence-corrected chi connectivity index (χ4v) is 3.26. The molecule has 1 aromatic carbocycles. The molecule has 0 heterocycles. The number of rotatable bonds is 3. The first kappa shape index (κ1) is 15.9. The van der Waals surface area contributed by atoms with E-state index in [1.165, 1.54) is 18.6 Å². The van der Waals surface area contributed by atoms with Crippen LogP contribution in [0.2, 0.25) is 0 Å². The van der Waals surface area contributed by atoms with Gasteiger partial charge >= 0.3 is 0 Å². The van der Waals surface area contributed by atoms with Gasteiger partial charge in [-0.2, -0.15) is 0 Å². The van der Waals surface area contributed by atoms with E-state index in [2.05, 4.69) is 35.1 Å². The van der Waals surface area contributed by atoms with Crippen LogP contribution < -0.4 is 5.32 Å². The number of carbonyl (C=O) groups excluding carboxylic acids is 1. The van der Waals surface area contributed by atoms with Crippen LogP contribution in [0.4, 0.5) is 5.69 Å². The third-order valence-corrected chi connectivity index (χ3v) is 5.12. The molecule has 21 heavy (non-hydrogen) atoms. The van der Waals surface area contributed by atoms with Crippen molar-refractivity contribution in [2.75, 3.05) is 0 Å². The first-order valence-electron chi connectivity index (χ1n) is 7.15. The highest BCUT2D eigenvalue weighted by Gasteiger charge is 2.29. The van der Waals surface area contributed by atoms with Crippen LogP contribution in [-0.4, -0.2) is 16.9 Å². The lowest BCUT2D eigenvalue weighted by Gasteiger charge is -2.34. The molecule has 3 atom stereocenters. The molecule has 0 radical (unpaired) electrons. The molecule has 1 aromatic rings. The lowest BCUT2D eigenvalue weighted by atomic mass is 9.78. The maximum Gasteiger partial charge on any atom is 0.270 e. The number of halogens is 1. The van der Waals surface area contributed by atoms with Crippen molar-refractivity contribution in [2.24, 2.45) is 11.8 Å². The Labute approximate surface area is 132 Å². The number of amides is 1. The summed E-state index contributed by atoms with van der Waals surface area (Å²) in [5, 5.41) is 13.9. The monoisotopic (exact) mass is 354 g/mol. The summed E-state index contributed by atoms with van der Waals surface area (Å²) in [7, 11) is 0. The van der Waals surface area contributed by atoms with Crippen LogP contribution >= 0.6 is 15.9 Å². The first-order valence-corrected chi connectivity index (χ1v) is 7.94. The van der Waals surface area contributed by atoms with Crippen molar-refractivity contribution in [3.8, 4) is 0 Å². The minimum Gasteiger partial charge on any atom is -0.349 e. The molecule has 3 unspecified atom stereocenters. The van der Waals surface area contributed by atoms with Gasteiger partial charge in [0.15, 0.2) is 0 Å². The van der Waals surface area contributed by atoms with Gasteiger partial charge in [-0.25, -0.2) is 0 Å². The zero-order valence-electron chi connectivity index (χ0n) is 12.1. The zero-order valence-corrected chi connectivity index (χ0v) is 13.7. The average molecular weight is 355 g/mol. The van der Waals surface area contributed by atoms with Gasteiger partial charge < -0.3 is 5.32 Å². The fraction of sp³-hybridized carbons (Fsp3) is 0.533. The second kappa shape index (κ2) is 6.56. The third-order valence-electron chi connectivity index (χ3n) is 4.43. The molecule has 0 aliphatic heterocycles. The van der Waals surface area contributed by atoms with Crippen LogP contribution in [0.3, 0.4) is 0 Å². The highest BCUT2D eigenvalue weighted by Crippen LogP contribution is 2.30. The van der Waals surface area contributed by atoms with Crippen molar-refractivity contribution in [2.45, 2.75) is 39.2 Å². The number of nitro groups is 1. The molecular formula is C15H19BrN2O3. The Morgan fingerprint density at radius 2 is 2.10 bits per heavy atom. The van der Waals surface area contributed by atoms with Gasteiger partial charge in [0.25, 0.3) is 11.6 Å². The van der Waals surface area contributed by atoms with Crippen molar-refractivity contribution < 1.29 is 9.72 Å². The summed E-state index contributed by atoms with van der Waals surface area (Å²) >= 11 is 3.29. The summed E-state index contributed by atoms with van der Waals surface area (Å²) in [6.45, 7) is 4.35. The van der Waals surface area contributed by atoms with E-state index in [4.69, 9.17) is 0 Å². The molecule has 1 aliphatic carbocycles. The fourth-order valence-electron chi connectivity index (χ4n) is 2.83. The van der Waals surface area contributed by atoms with Crippen LogP contribution in [0.25, 0.3) is 0 Å². The highest BCUT2D eigenvalue weighted by atomic mass is 79.9. The highest BCUT2D eigenvalue weighted by molar-refractivity contribution is 9.10. The molecule has 1 N–H and O–H groups in total. The molecule has 0 bridgehead atoms. The van der Waals surface area contributed by atoms with Crippen molar-refractivity contribution in [3.05, 3.63) is 38.3 Å². The molecule has 0 spiro atoms. The molecular weight excluding hydrogens is 336 g/mol. The van der Waals surface area contributed by atoms with E-state index in [1.54, 1.807) is 6.07 Å². The summed E-state index contributed by atoms with van der Waals surface area (Å²) in [5.41, 5.74) is 0.239. The molecule has 5 nitrogen and oxygen atoms in total. The summed E-state index contributed by atoms with van der Waals surface area (Å²) < 4.78 is 0.571. The van der Waals surface area contributed by atoms with Gasteiger partial charge in [0.2, 0.25) is 0 Å². The molecule has 1 fully saturated rings. The minimum absolute atomic E-state index is 0.0755. The number of benzene rings is 1. The Hall–Kier alpha value is -1.43. The van der Waals surface area contributed by atoms with Gasteiger partial charge in [-0.05, 0) is 40.3 Å². The van der Waals surface area contributed by atoms with Crippen molar-refractivity contribution >= 4 is 27.5 Å². The minimum atomic E-state index is -0.492. The molecule has 2 rings (SSSR count). The Morgan fingerprint density at radius 1 is 1.38 bits per heavy atom. The van der Waals surface area contributed by atoms with Gasteiger partial charge in [0.05, 0.1) is 10.5 Å². The van der Waals surface area contributed by atoms with Crippen LogP contribution in [0.5, 0.6) is 0 Å². The number of hydrogen-bond acceptors (Lipinski definition) is 3. The van der Waals surface area contributed by atoms with Crippen molar-refractivity contribution in [3.63, 3.8) is 0 Å². The number of nitrogens with zero attached hydrogens (tertiary/aromatic N) is 1. The number of nitrogens with one attached hydrogen (secondary N) is 1. The Kier molecular flexibility index (Phi) is 4.98. The second-order valence-corrected chi connectivity index (χ2v) is 6.62. The first-order chi connectivity index (χ1) is 9.90. The molecule has 1 amide bonds. The lowest BCUT2D eigenvalue weighted by molar-refractivity contribution is -0.384. The van der Waals surface area contributed by atoms with E-state index in [0.717, 1.165) is 12.8 Å². The quantitative estimate of drug-likeness (QED) is 0.660. The normalized spacial score (nSPS) is 25.4. The van der Waals surface area contributed by atoms with Crippen LogP contribution in [-0.2, 0) is 0 Å². The molecule has 0 aromatic heterocycles. The van der Waals surface area contributed by atoms with E-state index in [-0.39, 0.29) is 17.6 Å². The van der Waals surface area contributed by atoms with Crippen LogP contribution in [0, 0.1) is 22.0 Å². The van der Waals surface area contributed by atoms with Crippen LogP contribution in [0.15, 0.2) is 22.7 Å². The van der Waals surface area contributed by atoms with Gasteiger partial charge in [-0.3, -0.25) is 14.9 Å². The molecule has 6 heteroatoms. The Bertz CT molecular complexity index is 562. The lowest BCUT2D eigenvalue weighted by Crippen LogP contribution is -2.43. The molecule has 1 saturated carbocycles. The SMILES string of the molecule is CC1CCCC(NC(=O)c2cc([N+](=O)[O-])ccc2Br)C1C. The van der Waals surface area contributed by atoms with E-state index in [1.807, 2.05) is 0 Å². The van der Waals surface area contributed by atoms with Gasteiger partial charge in [0, 0.05) is 22.6 Å². The predicted octanol–water partition coefficient (Wildman–Crippen LogP) is 3.91. The maximum atomic E-state index is 12.4.